The van der Waals surface area contributed by atoms with E-state index in [1.807, 2.05) is 0 Å². The number of carbonyl (C=O) groups excluding carboxylic acids is 1. The summed E-state index contributed by atoms with van der Waals surface area (Å²) in [6, 6.07) is 0. The molecule has 0 N–H and O–H groups in total. The number of rotatable bonds is 8. The maximum Gasteiger partial charge on any atom is 2.00 e. The molecule has 0 aromatic heterocycles. The van der Waals surface area contributed by atoms with Crippen LogP contribution < -0.4 is 5.11 Å². The molecule has 3 heteroatoms. The molecule has 0 atom stereocenters. The molecule has 0 aliphatic heterocycles. The van der Waals surface area contributed by atoms with Crippen LogP contribution in [0.15, 0.2) is 0 Å². The fourth-order valence-corrected chi connectivity index (χ4v) is 1.23. The van der Waals surface area contributed by atoms with Crippen molar-refractivity contribution in [3.63, 3.8) is 0 Å². The maximum absolute atomic E-state index is 10.0. The molecule has 0 fully saturated rings. The topological polar surface area (TPSA) is 40.1 Å². The Hall–Kier alpha value is 0.951. The molecule has 0 radical (unpaired) electrons. The number of unbranched alkanes of at least 4 members (excludes halogenated alkanes) is 6. The van der Waals surface area contributed by atoms with Gasteiger partial charge >= 0.3 is 45.5 Å². The minimum Gasteiger partial charge on any atom is -0.550 e. The summed E-state index contributed by atoms with van der Waals surface area (Å²) in [6.45, 7) is 2.19. The molecule has 0 aliphatic rings. The van der Waals surface area contributed by atoms with E-state index >= 15 is 0 Å². The molecule has 72 valence electrons. The SMILES string of the molecule is CCCCCCCCCC(=O)[O-].[Sr+2]. The van der Waals surface area contributed by atoms with Crippen molar-refractivity contribution in [1.29, 1.82) is 0 Å². The Labute approximate surface area is 118 Å². The Morgan fingerprint density at radius 1 is 1.00 bits per heavy atom. The Morgan fingerprint density at radius 3 is 1.92 bits per heavy atom. The van der Waals surface area contributed by atoms with Crippen LogP contribution in [0.2, 0.25) is 0 Å². The average Bonchev–Trinajstić information content (AvgIpc) is 2.02. The fraction of sp³-hybridized carbons (Fsp3) is 0.900. The summed E-state index contributed by atoms with van der Waals surface area (Å²) >= 11 is 0. The van der Waals surface area contributed by atoms with Gasteiger partial charge in [-0.15, -0.1) is 0 Å². The van der Waals surface area contributed by atoms with Gasteiger partial charge in [-0.2, -0.15) is 0 Å². The summed E-state index contributed by atoms with van der Waals surface area (Å²) < 4.78 is 0. The van der Waals surface area contributed by atoms with Gasteiger partial charge in [-0.1, -0.05) is 45.4 Å². The van der Waals surface area contributed by atoms with Gasteiger partial charge in [-0.3, -0.25) is 0 Å². The third-order valence-corrected chi connectivity index (χ3v) is 1.98. The van der Waals surface area contributed by atoms with Crippen LogP contribution in [0.1, 0.15) is 58.3 Å². The standard InChI is InChI=1S/C10H20O2.Sr/c1-2-3-4-5-6-7-8-9-10(11)12;/h2-9H2,1H3,(H,11,12);/q;+2/p-1. The molecule has 2 nitrogen and oxygen atoms in total. The van der Waals surface area contributed by atoms with Crippen LogP contribution in [0.4, 0.5) is 0 Å². The molecule has 0 spiro atoms. The van der Waals surface area contributed by atoms with Crippen LogP contribution in [-0.4, -0.2) is 51.5 Å². The Morgan fingerprint density at radius 2 is 1.46 bits per heavy atom. The smallest absolute Gasteiger partial charge is 0.550 e. The number of carboxylic acids is 1. The molecule has 0 saturated heterocycles. The third kappa shape index (κ3) is 15.7. The van der Waals surface area contributed by atoms with E-state index in [4.69, 9.17) is 0 Å². The second-order valence-corrected chi connectivity index (χ2v) is 3.24. The van der Waals surface area contributed by atoms with E-state index in [-0.39, 0.29) is 51.9 Å². The van der Waals surface area contributed by atoms with Crippen molar-refractivity contribution in [1.82, 2.24) is 0 Å². The zero-order valence-corrected chi connectivity index (χ0v) is 12.2. The van der Waals surface area contributed by atoms with Gasteiger partial charge in [-0.25, -0.2) is 0 Å². The van der Waals surface area contributed by atoms with E-state index in [1.54, 1.807) is 0 Å². The van der Waals surface area contributed by atoms with E-state index in [9.17, 15) is 9.90 Å². The quantitative estimate of drug-likeness (QED) is 0.489. The largest absolute Gasteiger partial charge is 2.00 e. The van der Waals surface area contributed by atoms with Gasteiger partial charge < -0.3 is 9.90 Å². The van der Waals surface area contributed by atoms with E-state index in [2.05, 4.69) is 6.92 Å². The third-order valence-electron chi connectivity index (χ3n) is 1.98. The maximum atomic E-state index is 10.0. The molecular weight excluding hydrogens is 240 g/mol. The van der Waals surface area contributed by atoms with E-state index < -0.39 is 5.97 Å². The van der Waals surface area contributed by atoms with Gasteiger partial charge in [0, 0.05) is 5.97 Å². The minimum absolute atomic E-state index is 0. The van der Waals surface area contributed by atoms with E-state index in [0.29, 0.717) is 0 Å². The Kier molecular flexibility index (Phi) is 16.3. The summed E-state index contributed by atoms with van der Waals surface area (Å²) in [6.07, 6.45) is 8.34. The van der Waals surface area contributed by atoms with Gasteiger partial charge in [0.2, 0.25) is 0 Å². The molecule has 0 bridgehead atoms. The van der Waals surface area contributed by atoms with Crippen LogP contribution in [0, 0.1) is 0 Å². The number of hydrogen-bond acceptors (Lipinski definition) is 2. The van der Waals surface area contributed by atoms with Crippen LogP contribution >= 0.6 is 0 Å². The fourth-order valence-electron chi connectivity index (χ4n) is 1.23. The van der Waals surface area contributed by atoms with Crippen LogP contribution in [0.5, 0.6) is 0 Å². The molecule has 0 aromatic carbocycles. The first-order valence-corrected chi connectivity index (χ1v) is 4.97. The van der Waals surface area contributed by atoms with Crippen molar-refractivity contribution in [2.45, 2.75) is 58.3 Å². The average molecular weight is 259 g/mol. The predicted molar refractivity (Wildman–Crippen MR) is 53.4 cm³/mol. The van der Waals surface area contributed by atoms with Crippen molar-refractivity contribution in [2.24, 2.45) is 0 Å². The molecule has 0 saturated carbocycles. The number of hydrogen-bond donors (Lipinski definition) is 0. The van der Waals surface area contributed by atoms with Crippen LogP contribution in [0.3, 0.4) is 0 Å². The van der Waals surface area contributed by atoms with Gasteiger partial charge in [0.05, 0.1) is 0 Å². The van der Waals surface area contributed by atoms with Crippen molar-refractivity contribution < 1.29 is 9.90 Å². The first-order chi connectivity index (χ1) is 5.77. The van der Waals surface area contributed by atoms with Gasteiger partial charge in [0.15, 0.2) is 0 Å². The monoisotopic (exact) mass is 259 g/mol. The second-order valence-electron chi connectivity index (χ2n) is 3.24. The molecular formula is C10H19O2Sr+. The van der Waals surface area contributed by atoms with Crippen molar-refractivity contribution in [2.75, 3.05) is 0 Å². The van der Waals surface area contributed by atoms with E-state index in [0.717, 1.165) is 12.8 Å². The molecule has 0 unspecified atom stereocenters. The summed E-state index contributed by atoms with van der Waals surface area (Å²) in [5, 5.41) is 10.0. The van der Waals surface area contributed by atoms with Crippen LogP contribution in [-0.2, 0) is 4.79 Å². The summed E-state index contributed by atoms with van der Waals surface area (Å²) in [7, 11) is 0. The molecule has 13 heavy (non-hydrogen) atoms. The number of carbonyl (C=O) groups is 1. The first kappa shape index (κ1) is 16.4. The molecule has 0 heterocycles. The van der Waals surface area contributed by atoms with Gasteiger partial charge in [0.25, 0.3) is 0 Å². The molecule has 0 rings (SSSR count). The molecule has 0 aromatic rings. The van der Waals surface area contributed by atoms with Gasteiger partial charge in [0.1, 0.15) is 0 Å². The summed E-state index contributed by atoms with van der Waals surface area (Å²) in [5.41, 5.74) is 0. The van der Waals surface area contributed by atoms with E-state index in [1.165, 1.54) is 32.1 Å². The van der Waals surface area contributed by atoms with Crippen LogP contribution in [0.25, 0.3) is 0 Å². The van der Waals surface area contributed by atoms with Crippen molar-refractivity contribution in [3.8, 4) is 0 Å². The zero-order valence-electron chi connectivity index (χ0n) is 8.68. The first-order valence-electron chi connectivity index (χ1n) is 4.97. The van der Waals surface area contributed by atoms with Crippen molar-refractivity contribution in [3.05, 3.63) is 0 Å². The van der Waals surface area contributed by atoms with Crippen molar-refractivity contribution >= 4 is 51.5 Å². The van der Waals surface area contributed by atoms with Gasteiger partial charge in [-0.05, 0) is 12.8 Å². The Balaban J connectivity index is 0. The normalized spacial score (nSPS) is 9.31. The minimum atomic E-state index is -0.913. The zero-order chi connectivity index (χ0) is 9.23. The number of aliphatic carboxylic acids is 1. The summed E-state index contributed by atoms with van der Waals surface area (Å²) in [4.78, 5) is 10.0. The second kappa shape index (κ2) is 13.0. The predicted octanol–water partition coefficient (Wildman–Crippen LogP) is 1.50. The Bertz CT molecular complexity index is 115. The molecule has 0 aliphatic carbocycles. The molecule has 0 amide bonds. The number of carboxylic acid groups (broad SMARTS) is 1. The summed E-state index contributed by atoms with van der Waals surface area (Å²) in [5.74, 6) is -0.913.